The quantitative estimate of drug-likeness (QED) is 0.450. The van der Waals surface area contributed by atoms with E-state index in [0.717, 1.165) is 0 Å². The topological polar surface area (TPSA) is 61.6 Å². The van der Waals surface area contributed by atoms with Crippen molar-refractivity contribution in [2.75, 3.05) is 6.61 Å². The van der Waals surface area contributed by atoms with Crippen molar-refractivity contribution in [1.82, 2.24) is 0 Å². The highest BCUT2D eigenvalue weighted by Gasteiger charge is 2.05. The van der Waals surface area contributed by atoms with Gasteiger partial charge in [-0.1, -0.05) is 0 Å². The number of ether oxygens (including phenoxy) is 2. The normalized spacial score (nSPS) is 9.40. The minimum absolute atomic E-state index is 0.00433. The zero-order chi connectivity index (χ0) is 11.3. The molecule has 15 heavy (non-hydrogen) atoms. The third kappa shape index (κ3) is 3.51. The number of thiocarbonyl (C=S) groups is 1. The lowest BCUT2D eigenvalue weighted by Crippen LogP contribution is -2.09. The molecule has 0 atom stereocenters. The molecule has 0 spiro atoms. The van der Waals surface area contributed by atoms with E-state index in [2.05, 4.69) is 0 Å². The fourth-order valence-electron chi connectivity index (χ4n) is 0.879. The summed E-state index contributed by atoms with van der Waals surface area (Å²) in [5.74, 6) is 0.416. The van der Waals surface area contributed by atoms with Gasteiger partial charge >= 0.3 is 5.24 Å². The number of nitro groups is 1. The fraction of sp³-hybridized carbons (Fsp3) is 0.222. The van der Waals surface area contributed by atoms with Crippen LogP contribution in [0.1, 0.15) is 6.92 Å². The average Bonchev–Trinajstić information content (AvgIpc) is 2.18. The second-order valence-electron chi connectivity index (χ2n) is 2.54. The Hall–Kier alpha value is -1.69. The van der Waals surface area contributed by atoms with E-state index >= 15 is 0 Å². The Bertz CT molecular complexity index is 363. The molecule has 0 fully saturated rings. The molecule has 0 N–H and O–H groups in total. The summed E-state index contributed by atoms with van der Waals surface area (Å²) in [4.78, 5) is 9.87. The van der Waals surface area contributed by atoms with E-state index < -0.39 is 4.92 Å². The van der Waals surface area contributed by atoms with E-state index in [0.29, 0.717) is 12.4 Å². The van der Waals surface area contributed by atoms with Crippen molar-refractivity contribution in [3.63, 3.8) is 0 Å². The molecular weight excluding hydrogens is 218 g/mol. The summed E-state index contributed by atoms with van der Waals surface area (Å²) in [6.07, 6.45) is 0. The van der Waals surface area contributed by atoms with Crippen LogP contribution in [0.3, 0.4) is 0 Å². The van der Waals surface area contributed by atoms with Crippen LogP contribution in [0, 0.1) is 10.1 Å². The predicted molar refractivity (Wildman–Crippen MR) is 57.9 cm³/mol. The molecule has 0 aliphatic heterocycles. The van der Waals surface area contributed by atoms with Crippen LogP contribution in [0.4, 0.5) is 5.69 Å². The SMILES string of the molecule is CCOC(=S)Oc1ccc([N+](=O)[O-])cc1. The minimum atomic E-state index is -0.482. The number of hydrogen-bond acceptors (Lipinski definition) is 5. The maximum absolute atomic E-state index is 10.4. The molecule has 0 bridgehead atoms. The molecule has 1 rings (SSSR count). The summed E-state index contributed by atoms with van der Waals surface area (Å²) < 4.78 is 9.97. The van der Waals surface area contributed by atoms with E-state index in [1.165, 1.54) is 24.3 Å². The van der Waals surface area contributed by atoms with Gasteiger partial charge in [0.25, 0.3) is 5.69 Å². The van der Waals surface area contributed by atoms with Crippen LogP contribution in [0.5, 0.6) is 5.75 Å². The summed E-state index contributed by atoms with van der Waals surface area (Å²) in [5, 5.41) is 10.4. The van der Waals surface area contributed by atoms with Crippen LogP contribution in [0.25, 0.3) is 0 Å². The Morgan fingerprint density at radius 2 is 2.07 bits per heavy atom. The van der Waals surface area contributed by atoms with Gasteiger partial charge in [0.15, 0.2) is 0 Å². The summed E-state index contributed by atoms with van der Waals surface area (Å²) in [5.41, 5.74) is 0.00433. The Morgan fingerprint density at radius 3 is 2.53 bits per heavy atom. The number of benzene rings is 1. The lowest BCUT2D eigenvalue weighted by molar-refractivity contribution is -0.384. The van der Waals surface area contributed by atoms with Crippen LogP contribution in [0.15, 0.2) is 24.3 Å². The first-order valence-electron chi connectivity index (χ1n) is 4.22. The van der Waals surface area contributed by atoms with Crippen molar-refractivity contribution >= 4 is 23.1 Å². The molecule has 5 nitrogen and oxygen atoms in total. The molecular formula is C9H9NO4S. The molecule has 0 aromatic heterocycles. The van der Waals surface area contributed by atoms with Gasteiger partial charge in [-0.3, -0.25) is 10.1 Å². The van der Waals surface area contributed by atoms with E-state index in [4.69, 9.17) is 21.7 Å². The van der Waals surface area contributed by atoms with Gasteiger partial charge in [0, 0.05) is 24.4 Å². The van der Waals surface area contributed by atoms with Crippen molar-refractivity contribution in [3.05, 3.63) is 34.4 Å². The number of non-ortho nitro benzene ring substituents is 1. The van der Waals surface area contributed by atoms with Crippen molar-refractivity contribution in [2.24, 2.45) is 0 Å². The number of hydrogen-bond donors (Lipinski definition) is 0. The Kier molecular flexibility index (Phi) is 3.99. The van der Waals surface area contributed by atoms with Crippen LogP contribution in [0.2, 0.25) is 0 Å². The highest BCUT2D eigenvalue weighted by Crippen LogP contribution is 2.17. The number of nitro benzene ring substituents is 1. The maximum atomic E-state index is 10.4. The Balaban J connectivity index is 2.64. The third-order valence-electron chi connectivity index (χ3n) is 1.51. The minimum Gasteiger partial charge on any atom is -0.457 e. The van der Waals surface area contributed by atoms with Crippen molar-refractivity contribution in [2.45, 2.75) is 6.92 Å². The van der Waals surface area contributed by atoms with Crippen LogP contribution >= 0.6 is 12.2 Å². The van der Waals surface area contributed by atoms with Gasteiger partial charge < -0.3 is 9.47 Å². The molecule has 0 heterocycles. The third-order valence-corrected chi connectivity index (χ3v) is 1.71. The zero-order valence-electron chi connectivity index (χ0n) is 8.00. The number of rotatable bonds is 3. The molecule has 0 radical (unpaired) electrons. The van der Waals surface area contributed by atoms with Gasteiger partial charge in [0.05, 0.1) is 11.5 Å². The molecule has 1 aromatic carbocycles. The van der Waals surface area contributed by atoms with E-state index in [9.17, 15) is 10.1 Å². The van der Waals surface area contributed by atoms with Gasteiger partial charge in [-0.05, 0) is 19.1 Å². The average molecular weight is 227 g/mol. The Labute approximate surface area is 91.8 Å². The van der Waals surface area contributed by atoms with Gasteiger partial charge in [-0.25, -0.2) is 0 Å². The molecule has 0 amide bonds. The molecule has 1 aromatic rings. The number of nitrogens with zero attached hydrogens (tertiary/aromatic N) is 1. The molecule has 0 saturated carbocycles. The lowest BCUT2D eigenvalue weighted by Gasteiger charge is -2.05. The van der Waals surface area contributed by atoms with Crippen LogP contribution in [-0.4, -0.2) is 16.8 Å². The predicted octanol–water partition coefficient (Wildman–Crippen LogP) is 2.29. The summed E-state index contributed by atoms with van der Waals surface area (Å²) in [7, 11) is 0. The fourth-order valence-corrected chi connectivity index (χ4v) is 1.09. The van der Waals surface area contributed by atoms with E-state index in [1.54, 1.807) is 6.92 Å². The van der Waals surface area contributed by atoms with Crippen LogP contribution < -0.4 is 4.74 Å². The first kappa shape index (κ1) is 11.4. The summed E-state index contributed by atoms with van der Waals surface area (Å²) in [6.45, 7) is 2.21. The van der Waals surface area contributed by atoms with Gasteiger partial charge in [0.2, 0.25) is 0 Å². The van der Waals surface area contributed by atoms with Gasteiger partial charge in [-0.15, -0.1) is 0 Å². The Morgan fingerprint density at radius 1 is 1.47 bits per heavy atom. The van der Waals surface area contributed by atoms with Gasteiger partial charge in [-0.2, -0.15) is 0 Å². The molecule has 0 unspecified atom stereocenters. The highest BCUT2D eigenvalue weighted by molar-refractivity contribution is 7.79. The molecule has 0 aliphatic rings. The first-order chi connectivity index (χ1) is 7.13. The lowest BCUT2D eigenvalue weighted by atomic mass is 10.3. The van der Waals surface area contributed by atoms with E-state index in [-0.39, 0.29) is 10.9 Å². The largest absolute Gasteiger partial charge is 0.457 e. The molecule has 0 aliphatic carbocycles. The maximum Gasteiger partial charge on any atom is 0.357 e. The second-order valence-corrected chi connectivity index (χ2v) is 2.87. The van der Waals surface area contributed by atoms with Crippen molar-refractivity contribution in [3.8, 4) is 5.75 Å². The highest BCUT2D eigenvalue weighted by atomic mass is 32.1. The molecule has 80 valence electrons. The second kappa shape index (κ2) is 5.26. The smallest absolute Gasteiger partial charge is 0.357 e. The van der Waals surface area contributed by atoms with Crippen molar-refractivity contribution in [1.29, 1.82) is 0 Å². The van der Waals surface area contributed by atoms with Crippen molar-refractivity contribution < 1.29 is 14.4 Å². The monoisotopic (exact) mass is 227 g/mol. The standard InChI is InChI=1S/C9H9NO4S/c1-2-13-9(15)14-8-5-3-7(4-6-8)10(11)12/h3-6H,2H2,1H3. The molecule has 6 heteroatoms. The summed E-state index contributed by atoms with van der Waals surface area (Å²) in [6, 6.07) is 5.60. The first-order valence-corrected chi connectivity index (χ1v) is 4.63. The zero-order valence-corrected chi connectivity index (χ0v) is 8.82. The van der Waals surface area contributed by atoms with Gasteiger partial charge in [0.1, 0.15) is 5.75 Å². The van der Waals surface area contributed by atoms with Crippen LogP contribution in [-0.2, 0) is 4.74 Å². The summed E-state index contributed by atoms with van der Waals surface area (Å²) >= 11 is 4.74. The molecule has 0 saturated heterocycles. The van der Waals surface area contributed by atoms with E-state index in [1.807, 2.05) is 0 Å².